The number of fused-ring (bicyclic) bond motifs is 2. The minimum Gasteiger partial charge on any atom is -0.342 e. The van der Waals surface area contributed by atoms with Gasteiger partial charge in [0.05, 0.1) is 5.56 Å². The van der Waals surface area contributed by atoms with Crippen LogP contribution in [0.3, 0.4) is 0 Å². The summed E-state index contributed by atoms with van der Waals surface area (Å²) >= 11 is 0. The smallest absolute Gasteiger partial charge is 0.342 e. The number of carbonyl (C=O) groups is 2. The first-order valence-electron chi connectivity index (χ1n) is 10.9. The van der Waals surface area contributed by atoms with Gasteiger partial charge in [0.25, 0.3) is 5.91 Å². The summed E-state index contributed by atoms with van der Waals surface area (Å²) < 4.78 is 51.9. The van der Waals surface area contributed by atoms with E-state index in [4.69, 9.17) is 0 Å². The average molecular weight is 475 g/mol. The molecule has 2 amide bonds. The molecule has 2 aliphatic heterocycles. The Morgan fingerprint density at radius 2 is 1.62 bits per heavy atom. The molecule has 0 saturated carbocycles. The third kappa shape index (κ3) is 4.22. The molecule has 0 bridgehead atoms. The molecule has 34 heavy (non-hydrogen) atoms. The van der Waals surface area contributed by atoms with Crippen LogP contribution in [0.4, 0.5) is 17.6 Å². The van der Waals surface area contributed by atoms with Crippen LogP contribution in [0.2, 0.25) is 0 Å². The van der Waals surface area contributed by atoms with E-state index < -0.39 is 17.6 Å². The van der Waals surface area contributed by atoms with Crippen molar-refractivity contribution in [1.29, 1.82) is 0 Å². The van der Waals surface area contributed by atoms with Gasteiger partial charge in [-0.15, -0.1) is 0 Å². The van der Waals surface area contributed by atoms with Crippen LogP contribution < -0.4 is 0 Å². The molecular weight excluding hydrogens is 454 g/mol. The lowest BCUT2D eigenvalue weighted by atomic mass is 10.0. The van der Waals surface area contributed by atoms with Crippen molar-refractivity contribution in [3.05, 3.63) is 58.9 Å². The Kier molecular flexibility index (Phi) is 5.49. The van der Waals surface area contributed by atoms with Crippen molar-refractivity contribution >= 4 is 22.8 Å². The van der Waals surface area contributed by atoms with Crippen LogP contribution >= 0.6 is 0 Å². The van der Waals surface area contributed by atoms with E-state index in [1.807, 2.05) is 0 Å². The maximum atomic E-state index is 13.8. The molecule has 7 nitrogen and oxygen atoms in total. The molecule has 1 N–H and O–H groups in total. The van der Waals surface area contributed by atoms with Gasteiger partial charge in [0, 0.05) is 50.0 Å². The van der Waals surface area contributed by atoms with Crippen LogP contribution in [0.1, 0.15) is 27.9 Å². The Morgan fingerprint density at radius 3 is 2.29 bits per heavy atom. The first-order chi connectivity index (χ1) is 16.2. The minimum absolute atomic E-state index is 0.0819. The molecule has 0 spiro atoms. The van der Waals surface area contributed by atoms with Crippen molar-refractivity contribution in [2.45, 2.75) is 19.0 Å². The summed E-state index contributed by atoms with van der Waals surface area (Å²) in [5.74, 6) is -1.19. The highest BCUT2D eigenvalue weighted by Gasteiger charge is 2.43. The molecule has 0 unspecified atom stereocenters. The van der Waals surface area contributed by atoms with Gasteiger partial charge in [-0.25, -0.2) is 4.39 Å². The van der Waals surface area contributed by atoms with Crippen LogP contribution in [0.15, 0.2) is 36.4 Å². The Balaban J connectivity index is 1.14. The number of aryl methyl sites for hydroxylation is 1. The van der Waals surface area contributed by atoms with Gasteiger partial charge in [-0.05, 0) is 42.3 Å². The molecule has 178 valence electrons. The largest absolute Gasteiger partial charge is 0.419 e. The van der Waals surface area contributed by atoms with Crippen molar-refractivity contribution in [3.63, 3.8) is 0 Å². The topological polar surface area (TPSA) is 82.2 Å². The number of halogens is 4. The summed E-state index contributed by atoms with van der Waals surface area (Å²) in [6, 6.07) is 7.93. The zero-order valence-electron chi connectivity index (χ0n) is 18.0. The maximum absolute atomic E-state index is 13.8. The van der Waals surface area contributed by atoms with Crippen LogP contribution in [0, 0.1) is 17.7 Å². The molecule has 2 saturated heterocycles. The predicted molar refractivity (Wildman–Crippen MR) is 113 cm³/mol. The van der Waals surface area contributed by atoms with Gasteiger partial charge in [0.2, 0.25) is 5.91 Å². The number of hydrogen-bond donors (Lipinski definition) is 1. The zero-order chi connectivity index (χ0) is 24.0. The maximum Gasteiger partial charge on any atom is 0.419 e. The third-order valence-electron chi connectivity index (χ3n) is 6.66. The number of H-pyrrole nitrogens is 1. The van der Waals surface area contributed by atoms with Gasteiger partial charge in [-0.2, -0.15) is 28.6 Å². The monoisotopic (exact) mass is 475 g/mol. The summed E-state index contributed by atoms with van der Waals surface area (Å²) in [5, 5.41) is 10.5. The molecule has 11 heteroatoms. The van der Waals surface area contributed by atoms with Crippen LogP contribution in [-0.2, 0) is 17.4 Å². The highest BCUT2D eigenvalue weighted by Crippen LogP contribution is 2.33. The number of hydrogen-bond acceptors (Lipinski definition) is 4. The van der Waals surface area contributed by atoms with Crippen LogP contribution in [0.5, 0.6) is 0 Å². The fourth-order valence-electron chi connectivity index (χ4n) is 4.87. The van der Waals surface area contributed by atoms with Gasteiger partial charge in [0.15, 0.2) is 0 Å². The zero-order valence-corrected chi connectivity index (χ0v) is 18.0. The van der Waals surface area contributed by atoms with Crippen LogP contribution in [-0.4, -0.2) is 63.2 Å². The van der Waals surface area contributed by atoms with Gasteiger partial charge in [0.1, 0.15) is 16.9 Å². The lowest BCUT2D eigenvalue weighted by Gasteiger charge is -2.22. The standard InChI is InChI=1S/C23H21F4N5O2/c24-18-7-13(1-4-17(18)23(25,26)27)2-6-21(33)31-9-15-11-32(12-16(15)10-31)22(34)14-3-5-19-20(8-14)29-30-28-19/h1,3-5,7-8,15-16H,2,6,9-12H2,(H,28,29,30)/t15-,16-/m1/s1. The number of amides is 2. The lowest BCUT2D eigenvalue weighted by molar-refractivity contribution is -0.140. The molecule has 2 atom stereocenters. The van der Waals surface area contributed by atoms with E-state index in [1.165, 1.54) is 6.07 Å². The first-order valence-corrected chi connectivity index (χ1v) is 10.9. The third-order valence-corrected chi connectivity index (χ3v) is 6.66. The van der Waals surface area contributed by atoms with Gasteiger partial charge in [-0.3, -0.25) is 9.59 Å². The van der Waals surface area contributed by atoms with Crippen molar-refractivity contribution in [2.75, 3.05) is 26.2 Å². The molecule has 2 fully saturated rings. The van der Waals surface area contributed by atoms with Gasteiger partial charge in [-0.1, -0.05) is 6.07 Å². The first kappa shape index (κ1) is 22.3. The summed E-state index contributed by atoms with van der Waals surface area (Å²) in [6.07, 6.45) is -4.50. The molecule has 3 aromatic rings. The van der Waals surface area contributed by atoms with Gasteiger partial charge < -0.3 is 9.80 Å². The quantitative estimate of drug-likeness (QED) is 0.588. The Morgan fingerprint density at radius 1 is 0.941 bits per heavy atom. The molecule has 2 aliphatic rings. The normalized spacial score (nSPS) is 20.2. The summed E-state index contributed by atoms with van der Waals surface area (Å²) in [7, 11) is 0. The summed E-state index contributed by atoms with van der Waals surface area (Å²) in [5.41, 5.74) is 0.880. The number of likely N-dealkylation sites (tertiary alicyclic amines) is 2. The van der Waals surface area contributed by atoms with E-state index in [0.717, 1.165) is 6.07 Å². The van der Waals surface area contributed by atoms with E-state index >= 15 is 0 Å². The molecule has 0 radical (unpaired) electrons. The Hall–Kier alpha value is -3.50. The van der Waals surface area contributed by atoms with E-state index in [2.05, 4.69) is 15.4 Å². The van der Waals surface area contributed by atoms with Crippen molar-refractivity contribution in [3.8, 4) is 0 Å². The van der Waals surface area contributed by atoms with Crippen molar-refractivity contribution < 1.29 is 27.2 Å². The second kappa shape index (κ2) is 8.37. The van der Waals surface area contributed by atoms with Gasteiger partial charge >= 0.3 is 6.18 Å². The number of rotatable bonds is 4. The second-order valence-corrected chi connectivity index (χ2v) is 8.87. The van der Waals surface area contributed by atoms with E-state index in [0.29, 0.717) is 54.4 Å². The predicted octanol–water partition coefficient (Wildman–Crippen LogP) is 3.28. The number of aromatic amines is 1. The Labute approximate surface area is 191 Å². The van der Waals surface area contributed by atoms with Crippen molar-refractivity contribution in [1.82, 2.24) is 25.2 Å². The highest BCUT2D eigenvalue weighted by molar-refractivity contribution is 5.97. The van der Waals surface area contributed by atoms with E-state index in [9.17, 15) is 27.2 Å². The SMILES string of the molecule is O=C(CCc1ccc(C(F)(F)F)c(F)c1)N1C[C@@H]2CN(C(=O)c3ccc4n[nH]nc4c3)C[C@H]2C1. The summed E-state index contributed by atoms with van der Waals surface area (Å²) in [4.78, 5) is 29.1. The molecule has 1 aromatic heterocycles. The number of carbonyl (C=O) groups excluding carboxylic acids is 2. The fourth-order valence-corrected chi connectivity index (χ4v) is 4.87. The number of benzene rings is 2. The minimum atomic E-state index is -4.75. The van der Waals surface area contributed by atoms with E-state index in [1.54, 1.807) is 28.0 Å². The molecule has 5 rings (SSSR count). The molecule has 2 aromatic carbocycles. The number of nitrogens with zero attached hydrogens (tertiary/aromatic N) is 4. The molecule has 0 aliphatic carbocycles. The number of nitrogens with one attached hydrogen (secondary N) is 1. The highest BCUT2D eigenvalue weighted by atomic mass is 19.4. The van der Waals surface area contributed by atoms with E-state index in [-0.39, 0.29) is 36.5 Å². The summed E-state index contributed by atoms with van der Waals surface area (Å²) in [6.45, 7) is 2.15. The average Bonchev–Trinajstić information content (AvgIpc) is 3.50. The second-order valence-electron chi connectivity index (χ2n) is 8.87. The molecular formula is C23H21F4N5O2. The van der Waals surface area contributed by atoms with Crippen LogP contribution in [0.25, 0.3) is 11.0 Å². The lowest BCUT2D eigenvalue weighted by Crippen LogP contribution is -2.35. The molecule has 3 heterocycles. The Bertz CT molecular complexity index is 1240. The number of aromatic nitrogens is 3. The number of alkyl halides is 3. The fraction of sp³-hybridized carbons (Fsp3) is 0.391. The van der Waals surface area contributed by atoms with Crippen molar-refractivity contribution in [2.24, 2.45) is 11.8 Å².